The molecule has 9 heteroatoms. The van der Waals surface area contributed by atoms with Crippen LogP contribution in [0.15, 0.2) is 48.5 Å². The lowest BCUT2D eigenvalue weighted by Gasteiger charge is -2.42. The summed E-state index contributed by atoms with van der Waals surface area (Å²) in [4.78, 5) is 19.2. The number of ether oxygens (including phenoxy) is 2. The van der Waals surface area contributed by atoms with Crippen molar-refractivity contribution in [2.24, 2.45) is 0 Å². The van der Waals surface area contributed by atoms with Crippen molar-refractivity contribution in [1.29, 1.82) is 0 Å². The van der Waals surface area contributed by atoms with Crippen LogP contribution in [-0.2, 0) is 17.8 Å². The third-order valence-electron chi connectivity index (χ3n) is 7.10. The quantitative estimate of drug-likeness (QED) is 0.488. The number of carbonyl (C=O) groups excluding carboxylic acids is 1. The number of rotatable bonds is 8. The van der Waals surface area contributed by atoms with Crippen molar-refractivity contribution in [2.45, 2.75) is 57.7 Å². The van der Waals surface area contributed by atoms with E-state index in [2.05, 4.69) is 44.6 Å². The molecule has 2 fully saturated rings. The molecule has 9 nitrogen and oxygen atoms in total. The lowest BCUT2D eigenvalue weighted by atomic mass is 10.0. The molecule has 3 aromatic rings. The van der Waals surface area contributed by atoms with Crippen LogP contribution in [0.5, 0.6) is 11.5 Å². The highest BCUT2D eigenvalue weighted by molar-refractivity contribution is 5.75. The molecule has 2 aliphatic rings. The minimum atomic E-state index is 0.0274. The Morgan fingerprint density at radius 2 is 1.92 bits per heavy atom. The molecule has 1 N–H and O–H groups in total. The summed E-state index contributed by atoms with van der Waals surface area (Å²) in [5, 5.41) is 11.1. The minimum Gasteiger partial charge on any atom is -0.493 e. The highest BCUT2D eigenvalue weighted by Gasteiger charge is 2.32. The number of anilines is 1. The molecule has 0 bridgehead atoms. The first kappa shape index (κ1) is 24.1. The fourth-order valence-electron chi connectivity index (χ4n) is 5.26. The zero-order valence-electron chi connectivity index (χ0n) is 21.1. The normalized spacial score (nSPS) is 18.4. The molecule has 2 heterocycles. The fraction of sp³-hybridized carbons (Fsp3) is 0.481. The number of aromatic nitrogens is 4. The molecule has 0 unspecified atom stereocenters. The monoisotopic (exact) mass is 491 g/mol. The molecule has 1 saturated carbocycles. The van der Waals surface area contributed by atoms with Crippen molar-refractivity contribution >= 4 is 11.6 Å². The van der Waals surface area contributed by atoms with E-state index in [4.69, 9.17) is 9.47 Å². The Bertz CT molecular complexity index is 1160. The van der Waals surface area contributed by atoms with Gasteiger partial charge in [0, 0.05) is 38.3 Å². The van der Waals surface area contributed by atoms with Gasteiger partial charge in [0.25, 0.3) is 5.91 Å². The van der Waals surface area contributed by atoms with Gasteiger partial charge in [-0.15, -0.1) is 0 Å². The van der Waals surface area contributed by atoms with E-state index in [0.29, 0.717) is 12.4 Å². The van der Waals surface area contributed by atoms with Gasteiger partial charge in [-0.25, -0.2) is 0 Å². The van der Waals surface area contributed by atoms with Crippen LogP contribution >= 0.6 is 0 Å². The number of hydrogen-bond acceptors (Lipinski definition) is 6. The molecule has 1 saturated heterocycles. The number of amides is 1. The molecule has 190 valence electrons. The number of methoxy groups -OCH3 is 1. The predicted molar refractivity (Wildman–Crippen MR) is 135 cm³/mol. The van der Waals surface area contributed by atoms with E-state index in [-0.39, 0.29) is 24.6 Å². The maximum Gasteiger partial charge on any atom is 0.305 e. The van der Waals surface area contributed by atoms with E-state index < -0.39 is 0 Å². The predicted octanol–water partition coefficient (Wildman–Crippen LogP) is 2.69. The van der Waals surface area contributed by atoms with Gasteiger partial charge in [-0.1, -0.05) is 35.1 Å². The van der Waals surface area contributed by atoms with Crippen LogP contribution < -0.4 is 19.2 Å². The number of nitrogens with one attached hydrogen (secondary N) is 1. The van der Waals surface area contributed by atoms with E-state index >= 15 is 0 Å². The number of aromatic amines is 1. The van der Waals surface area contributed by atoms with Crippen molar-refractivity contribution in [2.75, 3.05) is 31.6 Å². The van der Waals surface area contributed by atoms with E-state index in [1.54, 1.807) is 14.0 Å². The van der Waals surface area contributed by atoms with Gasteiger partial charge in [0.2, 0.25) is 6.54 Å². The van der Waals surface area contributed by atoms with Crippen LogP contribution in [0.3, 0.4) is 0 Å². The summed E-state index contributed by atoms with van der Waals surface area (Å²) in [6, 6.07) is 16.6. The topological polar surface area (TPSA) is 87.5 Å². The summed E-state index contributed by atoms with van der Waals surface area (Å²) in [5.41, 5.74) is 2.31. The van der Waals surface area contributed by atoms with Crippen molar-refractivity contribution in [3.8, 4) is 11.5 Å². The molecule has 36 heavy (non-hydrogen) atoms. The summed E-state index contributed by atoms with van der Waals surface area (Å²) >= 11 is 0. The van der Waals surface area contributed by atoms with Gasteiger partial charge in [0.1, 0.15) is 0 Å². The highest BCUT2D eigenvalue weighted by Crippen LogP contribution is 2.35. The van der Waals surface area contributed by atoms with Gasteiger partial charge in [-0.2, -0.15) is 0 Å². The Morgan fingerprint density at radius 3 is 2.64 bits per heavy atom. The van der Waals surface area contributed by atoms with Crippen LogP contribution in [-0.4, -0.2) is 65.1 Å². The number of nitrogens with zero attached hydrogens (tertiary/aromatic N) is 5. The zero-order chi connectivity index (χ0) is 24.9. The molecule has 1 aliphatic carbocycles. The smallest absolute Gasteiger partial charge is 0.305 e. The molecule has 1 amide bonds. The van der Waals surface area contributed by atoms with Crippen LogP contribution in [0.1, 0.15) is 37.1 Å². The summed E-state index contributed by atoms with van der Waals surface area (Å²) in [6.45, 7) is 4.05. The molecule has 2 aromatic carbocycles. The second-order valence-electron chi connectivity index (χ2n) is 9.65. The van der Waals surface area contributed by atoms with Gasteiger partial charge in [-0.3, -0.25) is 4.79 Å². The van der Waals surface area contributed by atoms with E-state index in [1.165, 1.54) is 23.2 Å². The van der Waals surface area contributed by atoms with Crippen LogP contribution in [0.2, 0.25) is 0 Å². The Morgan fingerprint density at radius 1 is 1.11 bits per heavy atom. The first-order chi connectivity index (χ1) is 17.6. The molecular formula is C27H35N6O3+. The average molecular weight is 492 g/mol. The number of carbonyl (C=O) groups is 1. The maximum absolute atomic E-state index is 13.3. The molecule has 1 aliphatic heterocycles. The lowest BCUT2D eigenvalue weighted by Crippen LogP contribution is -2.59. The third-order valence-corrected chi connectivity index (χ3v) is 7.10. The van der Waals surface area contributed by atoms with E-state index in [9.17, 15) is 4.79 Å². The standard InChI is InChI=1S/C27H34N6O3/c1-20-28-30-33(29-20)19-27(34)32-15-14-31(18-23(32)16-21-8-4-3-5-9-21)22-12-13-25(35-2)26(17-22)36-24-10-6-7-11-24/h3-5,8-9,12-13,17,23-24H,6-7,10-11,14-16,18-19H2,1-2H3/p+1/t23-/m0/s1. The molecule has 0 radical (unpaired) electrons. The van der Waals surface area contributed by atoms with E-state index in [1.807, 2.05) is 29.2 Å². The van der Waals surface area contributed by atoms with Crippen LogP contribution in [0.25, 0.3) is 0 Å². The summed E-state index contributed by atoms with van der Waals surface area (Å²) in [6.07, 6.45) is 5.66. The third kappa shape index (κ3) is 5.61. The van der Waals surface area contributed by atoms with E-state index in [0.717, 1.165) is 49.5 Å². The number of hydrogen-bond donors (Lipinski definition) is 1. The summed E-state index contributed by atoms with van der Waals surface area (Å²) < 4.78 is 11.9. The number of H-pyrrole nitrogens is 1. The lowest BCUT2D eigenvalue weighted by molar-refractivity contribution is -0.795. The van der Waals surface area contributed by atoms with Crippen molar-refractivity contribution in [3.05, 3.63) is 59.9 Å². The first-order valence-corrected chi connectivity index (χ1v) is 12.8. The minimum absolute atomic E-state index is 0.0274. The number of tetrazole rings is 1. The van der Waals surface area contributed by atoms with Gasteiger partial charge in [0.05, 0.1) is 24.4 Å². The molecule has 5 rings (SSSR count). The summed E-state index contributed by atoms with van der Waals surface area (Å²) in [7, 11) is 1.69. The van der Waals surface area contributed by atoms with Crippen LogP contribution in [0, 0.1) is 6.92 Å². The highest BCUT2D eigenvalue weighted by atomic mass is 16.5. The van der Waals surface area contributed by atoms with Gasteiger partial charge in [0.15, 0.2) is 11.5 Å². The molecule has 1 aromatic heterocycles. The molecule has 0 spiro atoms. The Hall–Kier alpha value is -3.62. The molecular weight excluding hydrogens is 456 g/mol. The number of piperazine rings is 1. The zero-order valence-corrected chi connectivity index (χ0v) is 21.1. The Balaban J connectivity index is 1.35. The van der Waals surface area contributed by atoms with Gasteiger partial charge in [-0.05, 0) is 60.1 Å². The largest absolute Gasteiger partial charge is 0.493 e. The van der Waals surface area contributed by atoms with Crippen molar-refractivity contribution < 1.29 is 19.1 Å². The second kappa shape index (κ2) is 11.0. The van der Waals surface area contributed by atoms with Crippen molar-refractivity contribution in [3.63, 3.8) is 0 Å². The average Bonchev–Trinajstić information content (AvgIpc) is 3.56. The number of aryl methyl sites for hydroxylation is 1. The second-order valence-corrected chi connectivity index (χ2v) is 9.65. The maximum atomic E-state index is 13.3. The molecule has 1 atom stereocenters. The van der Waals surface area contributed by atoms with Crippen molar-refractivity contribution in [1.82, 2.24) is 20.3 Å². The fourth-order valence-corrected chi connectivity index (χ4v) is 5.26. The number of benzene rings is 2. The Kier molecular flexibility index (Phi) is 7.34. The van der Waals surface area contributed by atoms with Gasteiger partial charge < -0.3 is 19.3 Å². The first-order valence-electron chi connectivity index (χ1n) is 12.8. The van der Waals surface area contributed by atoms with Crippen LogP contribution in [0.4, 0.5) is 5.69 Å². The summed E-state index contributed by atoms with van der Waals surface area (Å²) in [5.74, 6) is 2.22. The Labute approximate surface area is 212 Å². The SMILES string of the molecule is COc1ccc(N2CCN(C(=O)C[n+]3nc(C)n[nH]3)[C@@H](Cc3ccccc3)C2)cc1OC1CCCC1. The van der Waals surface area contributed by atoms with Gasteiger partial charge >= 0.3 is 5.82 Å².